The first-order chi connectivity index (χ1) is 13.9. The summed E-state index contributed by atoms with van der Waals surface area (Å²) in [7, 11) is 0. The van der Waals surface area contributed by atoms with E-state index < -0.39 is 0 Å². The Balaban J connectivity index is 1.50. The van der Waals surface area contributed by atoms with Crippen LogP contribution in [0.15, 0.2) is 42.6 Å². The highest BCUT2D eigenvalue weighted by molar-refractivity contribution is 6.00. The highest BCUT2D eigenvalue weighted by Gasteiger charge is 2.24. The Kier molecular flexibility index (Phi) is 6.59. The second-order valence-corrected chi connectivity index (χ2v) is 7.43. The zero-order valence-corrected chi connectivity index (χ0v) is 16.6. The van der Waals surface area contributed by atoms with Gasteiger partial charge in [-0.25, -0.2) is 4.98 Å². The van der Waals surface area contributed by atoms with Crippen LogP contribution >= 0.6 is 0 Å². The van der Waals surface area contributed by atoms with Gasteiger partial charge in [-0.2, -0.15) is 0 Å². The van der Waals surface area contributed by atoms with Crippen molar-refractivity contribution in [2.75, 3.05) is 23.3 Å². The van der Waals surface area contributed by atoms with Crippen molar-refractivity contribution in [1.29, 1.82) is 0 Å². The van der Waals surface area contributed by atoms with Crippen LogP contribution in [0.25, 0.3) is 0 Å². The van der Waals surface area contributed by atoms with E-state index in [1.807, 2.05) is 30.0 Å². The van der Waals surface area contributed by atoms with Gasteiger partial charge in [0.1, 0.15) is 5.82 Å². The van der Waals surface area contributed by atoms with Crippen LogP contribution in [0.3, 0.4) is 0 Å². The fourth-order valence-electron chi connectivity index (χ4n) is 3.40. The van der Waals surface area contributed by atoms with Gasteiger partial charge in [-0.1, -0.05) is 29.8 Å². The topological polar surface area (TPSA) is 105 Å². The average molecular weight is 394 g/mol. The number of aryl methyl sites for hydroxylation is 1. The number of carbonyl (C=O) groups is 3. The molecule has 0 spiro atoms. The quantitative estimate of drug-likeness (QED) is 0.703. The second-order valence-electron chi connectivity index (χ2n) is 7.43. The number of ketones is 1. The molecule has 1 saturated heterocycles. The van der Waals surface area contributed by atoms with Gasteiger partial charge in [0.25, 0.3) is 0 Å². The zero-order valence-electron chi connectivity index (χ0n) is 16.6. The number of piperidine rings is 1. The van der Waals surface area contributed by atoms with Crippen LogP contribution in [-0.4, -0.2) is 35.7 Å². The van der Waals surface area contributed by atoms with Crippen LogP contribution in [-0.2, 0) is 9.59 Å². The summed E-state index contributed by atoms with van der Waals surface area (Å²) in [6.45, 7) is 3.35. The third kappa shape index (κ3) is 5.63. The number of primary amides is 1. The van der Waals surface area contributed by atoms with Crippen LogP contribution in [0, 0.1) is 12.8 Å². The van der Waals surface area contributed by atoms with Gasteiger partial charge in [-0.05, 0) is 31.9 Å². The zero-order chi connectivity index (χ0) is 20.8. The first-order valence-electron chi connectivity index (χ1n) is 9.82. The third-order valence-electron chi connectivity index (χ3n) is 5.13. The summed E-state index contributed by atoms with van der Waals surface area (Å²) in [5.41, 5.74) is 7.70. The number of hydrogen-bond donors (Lipinski definition) is 2. The molecule has 29 heavy (non-hydrogen) atoms. The lowest BCUT2D eigenvalue weighted by Gasteiger charge is -2.32. The molecule has 1 fully saturated rings. The smallest absolute Gasteiger partial charge is 0.224 e. The molecule has 0 saturated carbocycles. The standard InChI is InChI=1S/C22H26N4O3/c1-15-4-6-16(7-5-15)19(27)9-11-21(28)25-18-8-10-20(24-13-18)26-12-2-3-17(14-26)22(23)29/h4-8,10,13,17H,2-3,9,11-12,14H2,1H3,(H2,23,29)(H,25,28). The maximum atomic E-state index is 12.2. The van der Waals surface area contributed by atoms with Gasteiger partial charge >= 0.3 is 0 Å². The highest BCUT2D eigenvalue weighted by Crippen LogP contribution is 2.22. The molecule has 0 radical (unpaired) electrons. The molecule has 1 aliphatic heterocycles. The van der Waals surface area contributed by atoms with Gasteiger partial charge in [0, 0.05) is 31.5 Å². The van der Waals surface area contributed by atoms with Gasteiger partial charge in [-0.15, -0.1) is 0 Å². The van der Waals surface area contributed by atoms with Crippen molar-refractivity contribution < 1.29 is 14.4 Å². The minimum Gasteiger partial charge on any atom is -0.369 e. The number of nitrogens with two attached hydrogens (primary N) is 1. The molecule has 152 valence electrons. The second kappa shape index (κ2) is 9.32. The van der Waals surface area contributed by atoms with Gasteiger partial charge < -0.3 is 16.0 Å². The SMILES string of the molecule is Cc1ccc(C(=O)CCC(=O)Nc2ccc(N3CCCC(C(N)=O)C3)nc2)cc1. The van der Waals surface area contributed by atoms with E-state index in [2.05, 4.69) is 10.3 Å². The fraction of sp³-hybridized carbons (Fsp3) is 0.364. The van der Waals surface area contributed by atoms with E-state index >= 15 is 0 Å². The monoisotopic (exact) mass is 394 g/mol. The molecule has 1 unspecified atom stereocenters. The molecular formula is C22H26N4O3. The molecule has 1 aromatic heterocycles. The lowest BCUT2D eigenvalue weighted by molar-refractivity contribution is -0.122. The summed E-state index contributed by atoms with van der Waals surface area (Å²) in [4.78, 5) is 42.2. The molecule has 0 bridgehead atoms. The maximum absolute atomic E-state index is 12.2. The Morgan fingerprint density at radius 1 is 1.14 bits per heavy atom. The van der Waals surface area contributed by atoms with E-state index in [4.69, 9.17) is 5.73 Å². The Bertz CT molecular complexity index is 878. The number of hydrogen-bond acceptors (Lipinski definition) is 5. The van der Waals surface area contributed by atoms with Gasteiger partial charge in [0.2, 0.25) is 11.8 Å². The van der Waals surface area contributed by atoms with Crippen LogP contribution in [0.2, 0.25) is 0 Å². The number of benzene rings is 1. The van der Waals surface area contributed by atoms with Crippen molar-refractivity contribution in [2.24, 2.45) is 11.7 Å². The normalized spacial score (nSPS) is 16.3. The van der Waals surface area contributed by atoms with Crippen molar-refractivity contribution in [2.45, 2.75) is 32.6 Å². The van der Waals surface area contributed by atoms with Gasteiger partial charge in [0.15, 0.2) is 5.78 Å². The molecule has 2 amide bonds. The number of nitrogens with zero attached hydrogens (tertiary/aromatic N) is 2. The van der Waals surface area contributed by atoms with E-state index in [1.54, 1.807) is 24.4 Å². The van der Waals surface area contributed by atoms with Crippen molar-refractivity contribution >= 4 is 29.1 Å². The minimum absolute atomic E-state index is 0.0530. The largest absolute Gasteiger partial charge is 0.369 e. The number of rotatable bonds is 7. The number of Topliss-reactive ketones (excluding diaryl/α,β-unsaturated/α-hetero) is 1. The Hall–Kier alpha value is -3.22. The number of carbonyl (C=O) groups excluding carboxylic acids is 3. The summed E-state index contributed by atoms with van der Waals surface area (Å²) >= 11 is 0. The molecule has 1 aliphatic rings. The number of aromatic nitrogens is 1. The van der Waals surface area contributed by atoms with Crippen molar-refractivity contribution in [3.05, 3.63) is 53.7 Å². The highest BCUT2D eigenvalue weighted by atomic mass is 16.2. The van der Waals surface area contributed by atoms with Crippen molar-refractivity contribution in [1.82, 2.24) is 4.98 Å². The number of amides is 2. The van der Waals surface area contributed by atoms with E-state index in [1.165, 1.54) is 0 Å². The molecule has 3 rings (SSSR count). The van der Waals surface area contributed by atoms with Gasteiger partial charge in [0.05, 0.1) is 17.8 Å². The summed E-state index contributed by atoms with van der Waals surface area (Å²) in [5.74, 6) is 0.0350. The molecule has 0 aliphatic carbocycles. The van der Waals surface area contributed by atoms with E-state index in [-0.39, 0.29) is 36.4 Å². The Morgan fingerprint density at radius 2 is 1.90 bits per heavy atom. The van der Waals surface area contributed by atoms with E-state index in [9.17, 15) is 14.4 Å². The lowest BCUT2D eigenvalue weighted by atomic mass is 9.97. The first-order valence-corrected chi connectivity index (χ1v) is 9.82. The van der Waals surface area contributed by atoms with Crippen LogP contribution in [0.5, 0.6) is 0 Å². The van der Waals surface area contributed by atoms with Crippen LogP contribution < -0.4 is 16.0 Å². The Labute approximate surface area is 170 Å². The molecule has 7 heteroatoms. The lowest BCUT2D eigenvalue weighted by Crippen LogP contribution is -2.41. The van der Waals surface area contributed by atoms with Crippen molar-refractivity contribution in [3.63, 3.8) is 0 Å². The fourth-order valence-corrected chi connectivity index (χ4v) is 3.40. The first kappa shape index (κ1) is 20.5. The molecule has 7 nitrogen and oxygen atoms in total. The van der Waals surface area contributed by atoms with Crippen LogP contribution in [0.4, 0.5) is 11.5 Å². The number of anilines is 2. The minimum atomic E-state index is -0.279. The molecule has 2 aromatic rings. The average Bonchev–Trinajstić information content (AvgIpc) is 2.73. The molecular weight excluding hydrogens is 368 g/mol. The summed E-state index contributed by atoms with van der Waals surface area (Å²) in [6.07, 6.45) is 3.55. The summed E-state index contributed by atoms with van der Waals surface area (Å²) in [5, 5.41) is 2.77. The maximum Gasteiger partial charge on any atom is 0.224 e. The molecule has 2 heterocycles. The summed E-state index contributed by atoms with van der Waals surface area (Å²) < 4.78 is 0. The molecule has 3 N–H and O–H groups in total. The van der Waals surface area contributed by atoms with Crippen LogP contribution in [0.1, 0.15) is 41.6 Å². The predicted molar refractivity (Wildman–Crippen MR) is 112 cm³/mol. The predicted octanol–water partition coefficient (Wildman–Crippen LogP) is 2.69. The third-order valence-corrected chi connectivity index (χ3v) is 5.13. The van der Waals surface area contributed by atoms with E-state index in [0.29, 0.717) is 17.8 Å². The Morgan fingerprint density at radius 3 is 2.55 bits per heavy atom. The van der Waals surface area contributed by atoms with E-state index in [0.717, 1.165) is 30.8 Å². The summed E-state index contributed by atoms with van der Waals surface area (Å²) in [6, 6.07) is 10.9. The number of nitrogens with one attached hydrogen (secondary N) is 1. The number of pyridine rings is 1. The van der Waals surface area contributed by atoms with Gasteiger partial charge in [-0.3, -0.25) is 14.4 Å². The molecule has 1 atom stereocenters. The van der Waals surface area contributed by atoms with Crippen molar-refractivity contribution in [3.8, 4) is 0 Å². The molecule has 1 aromatic carbocycles.